The minimum Gasteiger partial charge on any atom is -0.396 e. The second-order valence-electron chi connectivity index (χ2n) is 6.89. The summed E-state index contributed by atoms with van der Waals surface area (Å²) in [6, 6.07) is 0. The van der Waals surface area contributed by atoms with E-state index < -0.39 is 49.2 Å². The molecule has 0 radical (unpaired) electrons. The van der Waals surface area contributed by atoms with Gasteiger partial charge in [-0.2, -0.15) is 0 Å². The van der Waals surface area contributed by atoms with E-state index in [1.807, 2.05) is 67.8 Å². The van der Waals surface area contributed by atoms with Crippen molar-refractivity contribution >= 4 is 91.2 Å². The molecular weight excluding hydrogens is 795 g/mol. The van der Waals surface area contributed by atoms with Crippen LogP contribution in [0.15, 0.2) is 0 Å². The van der Waals surface area contributed by atoms with Crippen molar-refractivity contribution in [3.8, 4) is 0 Å². The van der Waals surface area contributed by atoms with Crippen molar-refractivity contribution in [2.75, 3.05) is 45.3 Å². The molecular formula is C19H26I3N3O9. The van der Waals surface area contributed by atoms with Crippen LogP contribution in [0.1, 0.15) is 27.1 Å². The molecule has 8 N–H and O–H groups in total. The van der Waals surface area contributed by atoms with Crippen LogP contribution in [0.4, 0.5) is 5.69 Å². The molecule has 0 aliphatic heterocycles. The summed E-state index contributed by atoms with van der Waals surface area (Å²) in [7, 11) is 1.31. The van der Waals surface area contributed by atoms with Crippen molar-refractivity contribution in [2.24, 2.45) is 0 Å². The number of hydrogen-bond acceptors (Lipinski definition) is 9. The first kappa shape index (κ1) is 31.6. The average molecular weight is 821 g/mol. The number of amides is 3. The van der Waals surface area contributed by atoms with Gasteiger partial charge in [-0.1, -0.05) is 0 Å². The first-order chi connectivity index (χ1) is 16.0. The van der Waals surface area contributed by atoms with Gasteiger partial charge in [0.15, 0.2) is 0 Å². The average Bonchev–Trinajstić information content (AvgIpc) is 2.81. The maximum Gasteiger partial charge on any atom is 0.253 e. The molecule has 0 saturated heterocycles. The van der Waals surface area contributed by atoms with Crippen LogP contribution >= 0.6 is 67.8 Å². The summed E-state index contributed by atoms with van der Waals surface area (Å²) in [6.07, 6.45) is -3.33. The number of anilines is 1. The maximum absolute atomic E-state index is 12.9. The highest BCUT2D eigenvalue weighted by molar-refractivity contribution is 14.1. The smallest absolute Gasteiger partial charge is 0.253 e. The highest BCUT2D eigenvalue weighted by atomic mass is 127. The van der Waals surface area contributed by atoms with Crippen LogP contribution in [-0.4, -0.2) is 102 Å². The molecule has 0 aliphatic rings. The molecule has 34 heavy (non-hydrogen) atoms. The highest BCUT2D eigenvalue weighted by Gasteiger charge is 2.30. The van der Waals surface area contributed by atoms with E-state index in [0.717, 1.165) is 0 Å². The lowest BCUT2D eigenvalue weighted by Gasteiger charge is -2.21. The zero-order valence-corrected chi connectivity index (χ0v) is 24.5. The third kappa shape index (κ3) is 8.61. The Morgan fingerprint density at radius 1 is 0.853 bits per heavy atom. The summed E-state index contributed by atoms with van der Waals surface area (Å²) in [5, 5.41) is 53.9. The number of halogens is 3. The van der Waals surface area contributed by atoms with Gasteiger partial charge in [0.2, 0.25) is 0 Å². The summed E-state index contributed by atoms with van der Waals surface area (Å²) >= 11 is 5.51. The molecule has 1 rings (SSSR count). The fourth-order valence-electron chi connectivity index (χ4n) is 2.58. The second kappa shape index (κ2) is 15.6. The van der Waals surface area contributed by atoms with Crippen LogP contribution < -0.4 is 16.0 Å². The van der Waals surface area contributed by atoms with Crippen molar-refractivity contribution in [1.29, 1.82) is 0 Å². The molecule has 0 bridgehead atoms. The Hall–Kier alpha value is -0.420. The molecule has 0 saturated carbocycles. The molecule has 15 heteroatoms. The van der Waals surface area contributed by atoms with Crippen molar-refractivity contribution in [1.82, 2.24) is 10.6 Å². The van der Waals surface area contributed by atoms with Crippen LogP contribution in [0.25, 0.3) is 0 Å². The fraction of sp³-hybridized carbons (Fsp3) is 0.526. The van der Waals surface area contributed by atoms with E-state index in [-0.39, 0.29) is 46.5 Å². The van der Waals surface area contributed by atoms with Crippen molar-refractivity contribution < 1.29 is 44.7 Å². The third-order valence-electron chi connectivity index (χ3n) is 4.41. The van der Waals surface area contributed by atoms with Gasteiger partial charge in [-0.3, -0.25) is 14.4 Å². The maximum atomic E-state index is 12.9. The van der Waals surface area contributed by atoms with E-state index in [0.29, 0.717) is 7.14 Å². The number of rotatable bonds is 13. The predicted octanol–water partition coefficient (Wildman–Crippen LogP) is -0.998. The highest BCUT2D eigenvalue weighted by Crippen LogP contribution is 2.36. The third-order valence-corrected chi connectivity index (χ3v) is 7.64. The number of nitrogens with one attached hydrogen (secondary N) is 3. The summed E-state index contributed by atoms with van der Waals surface area (Å²) in [5.41, 5.74) is 0.254. The van der Waals surface area contributed by atoms with Crippen molar-refractivity contribution in [3.05, 3.63) is 21.8 Å². The molecule has 0 aliphatic carbocycles. The lowest BCUT2D eigenvalue weighted by Crippen LogP contribution is -2.37. The summed E-state index contributed by atoms with van der Waals surface area (Å²) < 4.78 is 5.96. The van der Waals surface area contributed by atoms with Gasteiger partial charge in [-0.15, -0.1) is 0 Å². The number of methoxy groups -OCH3 is 1. The van der Waals surface area contributed by atoms with Crippen LogP contribution in [0.3, 0.4) is 0 Å². The molecule has 0 spiro atoms. The Balaban J connectivity index is 3.54. The van der Waals surface area contributed by atoms with E-state index >= 15 is 0 Å². The van der Waals surface area contributed by atoms with Crippen LogP contribution in [0.2, 0.25) is 0 Å². The minimum atomic E-state index is -1.19. The Kier molecular flexibility index (Phi) is 14.5. The molecule has 3 atom stereocenters. The van der Waals surface area contributed by atoms with E-state index in [2.05, 4.69) is 16.0 Å². The van der Waals surface area contributed by atoms with Gasteiger partial charge in [-0.05, 0) is 67.8 Å². The number of ether oxygens (including phenoxy) is 1. The zero-order chi connectivity index (χ0) is 26.0. The van der Waals surface area contributed by atoms with Crippen molar-refractivity contribution in [2.45, 2.75) is 24.7 Å². The SMILES string of the molecule is COC(CCO)C(=O)Nc1c(I)c(C(=O)NCC(O)CO)c(I)c(C(=O)NCC(O)CO)c1I. The Morgan fingerprint density at radius 2 is 1.29 bits per heavy atom. The molecule has 0 heterocycles. The number of carbonyl (C=O) groups excluding carboxylic acids is 3. The minimum absolute atomic E-state index is 0.0264. The number of benzene rings is 1. The molecule has 192 valence electrons. The molecule has 1 aromatic rings. The first-order valence-electron chi connectivity index (χ1n) is 9.83. The molecule has 3 amide bonds. The number of aliphatic hydroxyl groups is 5. The van der Waals surface area contributed by atoms with Crippen molar-refractivity contribution in [3.63, 3.8) is 0 Å². The van der Waals surface area contributed by atoms with Gasteiger partial charge in [0.05, 0.1) is 49.4 Å². The van der Waals surface area contributed by atoms with Gasteiger partial charge in [0.1, 0.15) is 6.10 Å². The molecule has 3 unspecified atom stereocenters. The largest absolute Gasteiger partial charge is 0.396 e. The molecule has 12 nitrogen and oxygen atoms in total. The van der Waals surface area contributed by atoms with Gasteiger partial charge < -0.3 is 46.2 Å². The van der Waals surface area contributed by atoms with Gasteiger partial charge in [0, 0.05) is 36.8 Å². The van der Waals surface area contributed by atoms with Crippen LogP contribution in [-0.2, 0) is 9.53 Å². The quantitative estimate of drug-likeness (QED) is 0.115. The lowest BCUT2D eigenvalue weighted by molar-refractivity contribution is -0.126. The van der Waals surface area contributed by atoms with E-state index in [4.69, 9.17) is 20.1 Å². The van der Waals surface area contributed by atoms with Crippen LogP contribution in [0.5, 0.6) is 0 Å². The Labute approximate surface area is 236 Å². The summed E-state index contributed by atoms with van der Waals surface area (Å²) in [4.78, 5) is 38.6. The fourth-order valence-corrected chi connectivity index (χ4v) is 6.99. The topological polar surface area (TPSA) is 198 Å². The Morgan fingerprint density at radius 3 is 1.65 bits per heavy atom. The first-order valence-corrected chi connectivity index (χ1v) is 13.1. The predicted molar refractivity (Wildman–Crippen MR) is 147 cm³/mol. The Bertz CT molecular complexity index is 835. The van der Waals surface area contributed by atoms with Gasteiger partial charge in [0.25, 0.3) is 17.7 Å². The standard InChI is InChI=1S/C19H26I3N3O9/c1-34-10(2-3-26)17(31)25-16-14(21)11(18(32)23-4-8(29)6-27)13(20)12(15(16)22)19(33)24-5-9(30)7-28/h8-10,26-30H,2-7H2,1H3,(H,23,32)(H,24,33)(H,25,31). The monoisotopic (exact) mass is 821 g/mol. The normalized spacial score (nSPS) is 13.7. The van der Waals surface area contributed by atoms with E-state index in [9.17, 15) is 24.6 Å². The number of hydrogen-bond donors (Lipinski definition) is 8. The second-order valence-corrected chi connectivity index (χ2v) is 10.1. The summed E-state index contributed by atoms with van der Waals surface area (Å²) in [6.45, 7) is -1.92. The van der Waals surface area contributed by atoms with Gasteiger partial charge in [-0.25, -0.2) is 0 Å². The number of carbonyl (C=O) groups is 3. The van der Waals surface area contributed by atoms with Gasteiger partial charge >= 0.3 is 0 Å². The molecule has 0 aromatic heterocycles. The molecule has 1 aromatic carbocycles. The number of aliphatic hydroxyl groups excluding tert-OH is 5. The summed E-state index contributed by atoms with van der Waals surface area (Å²) in [5.74, 6) is -1.91. The van der Waals surface area contributed by atoms with E-state index in [1.54, 1.807) is 0 Å². The lowest BCUT2D eigenvalue weighted by atomic mass is 10.1. The van der Waals surface area contributed by atoms with E-state index in [1.165, 1.54) is 7.11 Å². The van der Waals surface area contributed by atoms with Crippen LogP contribution in [0, 0.1) is 10.7 Å². The zero-order valence-electron chi connectivity index (χ0n) is 18.0. The molecule has 0 fully saturated rings.